The number of fused-ring (bicyclic) bond motifs is 3. The van der Waals surface area contributed by atoms with Crippen molar-refractivity contribution in [3.8, 4) is 6.07 Å². The number of aromatic nitrogens is 2. The van der Waals surface area contributed by atoms with E-state index in [2.05, 4.69) is 20.7 Å². The molecule has 0 aliphatic carbocycles. The monoisotopic (exact) mass is 347 g/mol. The van der Waals surface area contributed by atoms with Gasteiger partial charge in [0, 0.05) is 20.1 Å². The van der Waals surface area contributed by atoms with E-state index < -0.39 is 0 Å². The van der Waals surface area contributed by atoms with E-state index in [1.165, 1.54) is 0 Å². The van der Waals surface area contributed by atoms with Crippen molar-refractivity contribution in [3.05, 3.63) is 41.5 Å². The highest BCUT2D eigenvalue weighted by Gasteiger charge is 2.27. The number of anilines is 1. The number of nitriles is 1. The first-order valence-corrected chi connectivity index (χ1v) is 8.91. The highest BCUT2D eigenvalue weighted by molar-refractivity contribution is 5.85. The van der Waals surface area contributed by atoms with Gasteiger partial charge < -0.3 is 10.2 Å². The number of hydrogen-bond acceptors (Lipinski definition) is 4. The molecule has 1 aromatic carbocycles. The first-order chi connectivity index (χ1) is 12.6. The molecule has 0 unspecified atom stereocenters. The third-order valence-electron chi connectivity index (χ3n) is 5.23. The van der Waals surface area contributed by atoms with Crippen LogP contribution in [-0.2, 0) is 4.79 Å². The van der Waals surface area contributed by atoms with Crippen molar-refractivity contribution < 1.29 is 4.79 Å². The quantitative estimate of drug-likeness (QED) is 0.773. The zero-order chi connectivity index (χ0) is 18.3. The van der Waals surface area contributed by atoms with Gasteiger partial charge in [0.15, 0.2) is 5.65 Å². The second-order valence-electron chi connectivity index (χ2n) is 6.83. The summed E-state index contributed by atoms with van der Waals surface area (Å²) >= 11 is 0. The number of benzene rings is 1. The van der Waals surface area contributed by atoms with Gasteiger partial charge in [-0.15, -0.1) is 0 Å². The summed E-state index contributed by atoms with van der Waals surface area (Å²) in [6.07, 6.45) is 1.87. The summed E-state index contributed by atoms with van der Waals surface area (Å²) in [4.78, 5) is 19.1. The molecule has 1 aliphatic heterocycles. The van der Waals surface area contributed by atoms with E-state index in [1.54, 1.807) is 7.05 Å². The highest BCUT2D eigenvalue weighted by Crippen LogP contribution is 2.31. The smallest absolute Gasteiger partial charge is 0.224 e. The molecule has 1 saturated heterocycles. The highest BCUT2D eigenvalue weighted by atomic mass is 16.1. The van der Waals surface area contributed by atoms with Gasteiger partial charge in [0.2, 0.25) is 5.91 Å². The Labute approximate surface area is 152 Å². The summed E-state index contributed by atoms with van der Waals surface area (Å²) in [5.74, 6) is 1.07. The number of carbonyl (C=O) groups is 1. The maximum atomic E-state index is 12.1. The number of rotatable bonds is 2. The molecule has 3 heterocycles. The van der Waals surface area contributed by atoms with Gasteiger partial charge in [-0.2, -0.15) is 5.26 Å². The third-order valence-corrected chi connectivity index (χ3v) is 5.23. The normalized spacial score (nSPS) is 17.4. The van der Waals surface area contributed by atoms with Gasteiger partial charge in [-0.1, -0.05) is 12.1 Å². The number of nitrogens with one attached hydrogen (secondary N) is 1. The molecule has 1 atom stereocenters. The van der Waals surface area contributed by atoms with Crippen LogP contribution in [0.2, 0.25) is 0 Å². The zero-order valence-electron chi connectivity index (χ0n) is 15.0. The van der Waals surface area contributed by atoms with Crippen LogP contribution >= 0.6 is 0 Å². The average Bonchev–Trinajstić information content (AvgIpc) is 3.06. The first-order valence-electron chi connectivity index (χ1n) is 8.91. The molecule has 0 spiro atoms. The molecule has 4 rings (SSSR count). The number of piperidine rings is 1. The summed E-state index contributed by atoms with van der Waals surface area (Å²) in [7, 11) is 1.69. The third kappa shape index (κ3) is 2.48. The van der Waals surface area contributed by atoms with E-state index in [4.69, 9.17) is 4.98 Å². The maximum Gasteiger partial charge on any atom is 0.224 e. The molecule has 1 N–H and O–H groups in total. The molecule has 1 aliphatic rings. The molecular weight excluding hydrogens is 326 g/mol. The molecule has 0 saturated carbocycles. The van der Waals surface area contributed by atoms with Crippen LogP contribution in [0.15, 0.2) is 30.3 Å². The predicted octanol–water partition coefficient (Wildman–Crippen LogP) is 2.63. The number of amides is 1. The SMILES string of the molecule is CNC(=O)[C@@H]1CCCN(c2cc(C)c(C#N)c3nc4ccccc4n23)C1. The van der Waals surface area contributed by atoms with Gasteiger partial charge in [0.05, 0.1) is 22.5 Å². The van der Waals surface area contributed by atoms with E-state index in [-0.39, 0.29) is 11.8 Å². The molecule has 0 radical (unpaired) electrons. The van der Waals surface area contributed by atoms with Crippen molar-refractivity contribution in [1.29, 1.82) is 5.26 Å². The van der Waals surface area contributed by atoms with E-state index in [0.29, 0.717) is 17.8 Å². The molecular formula is C20H21N5O. The van der Waals surface area contributed by atoms with Crippen LogP contribution in [0.4, 0.5) is 5.82 Å². The number of hydrogen-bond donors (Lipinski definition) is 1. The number of para-hydroxylation sites is 2. The largest absolute Gasteiger partial charge is 0.359 e. The Morgan fingerprint density at radius 3 is 2.96 bits per heavy atom. The molecule has 2 aromatic heterocycles. The number of nitrogens with zero attached hydrogens (tertiary/aromatic N) is 4. The zero-order valence-corrected chi connectivity index (χ0v) is 15.0. The van der Waals surface area contributed by atoms with Crippen molar-refractivity contribution in [2.24, 2.45) is 5.92 Å². The Balaban J connectivity index is 1.92. The Morgan fingerprint density at radius 1 is 1.38 bits per heavy atom. The minimum atomic E-state index is -0.0189. The Morgan fingerprint density at radius 2 is 2.19 bits per heavy atom. The second kappa shape index (κ2) is 6.34. The van der Waals surface area contributed by atoms with E-state index >= 15 is 0 Å². The summed E-state index contributed by atoms with van der Waals surface area (Å²) in [6.45, 7) is 3.51. The van der Waals surface area contributed by atoms with Crippen molar-refractivity contribution >= 4 is 28.4 Å². The molecule has 6 nitrogen and oxygen atoms in total. The molecule has 0 bridgehead atoms. The Kier molecular flexibility index (Phi) is 4.00. The summed E-state index contributed by atoms with van der Waals surface area (Å²) in [6, 6.07) is 12.3. The number of pyridine rings is 1. The standard InChI is InChI=1S/C20H21N5O/c1-13-10-18(24-9-5-6-14(12-24)20(26)22-2)25-17-8-4-3-7-16(17)23-19(25)15(13)11-21/h3-4,7-8,10,14H,5-6,9,12H2,1-2H3,(H,22,26)/t14-/m1/s1. The van der Waals surface area contributed by atoms with Gasteiger partial charge in [-0.3, -0.25) is 9.20 Å². The van der Waals surface area contributed by atoms with E-state index in [0.717, 1.165) is 41.8 Å². The van der Waals surface area contributed by atoms with Crippen molar-refractivity contribution in [2.75, 3.05) is 25.0 Å². The van der Waals surface area contributed by atoms with Crippen LogP contribution in [0.3, 0.4) is 0 Å². The van der Waals surface area contributed by atoms with Crippen LogP contribution < -0.4 is 10.2 Å². The van der Waals surface area contributed by atoms with E-state index in [9.17, 15) is 10.1 Å². The maximum absolute atomic E-state index is 12.1. The van der Waals surface area contributed by atoms with Gasteiger partial charge in [0.25, 0.3) is 0 Å². The van der Waals surface area contributed by atoms with Gasteiger partial charge in [-0.05, 0) is 43.5 Å². The lowest BCUT2D eigenvalue weighted by molar-refractivity contribution is -0.124. The average molecular weight is 347 g/mol. The predicted molar refractivity (Wildman–Crippen MR) is 101 cm³/mol. The first kappa shape index (κ1) is 16.4. The van der Waals surface area contributed by atoms with Crippen molar-refractivity contribution in [1.82, 2.24) is 14.7 Å². The summed E-state index contributed by atoms with van der Waals surface area (Å²) in [5.41, 5.74) is 4.05. The lowest BCUT2D eigenvalue weighted by atomic mass is 9.97. The van der Waals surface area contributed by atoms with Crippen LogP contribution in [0.25, 0.3) is 16.7 Å². The number of imidazole rings is 1. The van der Waals surface area contributed by atoms with Gasteiger partial charge in [0.1, 0.15) is 11.9 Å². The van der Waals surface area contributed by atoms with Crippen LogP contribution in [0.1, 0.15) is 24.0 Å². The van der Waals surface area contributed by atoms with Crippen molar-refractivity contribution in [2.45, 2.75) is 19.8 Å². The lowest BCUT2D eigenvalue weighted by Crippen LogP contribution is -2.42. The topological polar surface area (TPSA) is 73.4 Å². The van der Waals surface area contributed by atoms with E-state index in [1.807, 2.05) is 37.3 Å². The molecule has 1 amide bonds. The second-order valence-corrected chi connectivity index (χ2v) is 6.83. The van der Waals surface area contributed by atoms with Gasteiger partial charge >= 0.3 is 0 Å². The molecule has 132 valence electrons. The van der Waals surface area contributed by atoms with Crippen LogP contribution in [-0.4, -0.2) is 35.4 Å². The summed E-state index contributed by atoms with van der Waals surface area (Å²) < 4.78 is 2.06. The Hall–Kier alpha value is -3.07. The molecule has 1 fully saturated rings. The molecule has 26 heavy (non-hydrogen) atoms. The van der Waals surface area contributed by atoms with Gasteiger partial charge in [-0.25, -0.2) is 4.98 Å². The summed E-state index contributed by atoms with van der Waals surface area (Å²) in [5, 5.41) is 12.4. The fourth-order valence-corrected chi connectivity index (χ4v) is 3.91. The number of aryl methyl sites for hydroxylation is 1. The Bertz CT molecular complexity index is 1050. The van der Waals surface area contributed by atoms with Crippen molar-refractivity contribution in [3.63, 3.8) is 0 Å². The fourth-order valence-electron chi connectivity index (χ4n) is 3.91. The minimum absolute atomic E-state index is 0.0189. The molecule has 6 heteroatoms. The van der Waals surface area contributed by atoms with Crippen LogP contribution in [0.5, 0.6) is 0 Å². The van der Waals surface area contributed by atoms with Crippen LogP contribution in [0, 0.1) is 24.2 Å². The fraction of sp³-hybridized carbons (Fsp3) is 0.350. The lowest BCUT2D eigenvalue weighted by Gasteiger charge is -2.34. The number of carbonyl (C=O) groups excluding carboxylic acids is 1. The minimum Gasteiger partial charge on any atom is -0.359 e. The molecule has 3 aromatic rings.